The SMILES string of the molecule is C(=Cc1c(C=Cc2ccccc2)c2c3ccccc3c1CCOO2)c1ccccc1. The van der Waals surface area contributed by atoms with Gasteiger partial charge in [-0.05, 0) is 33.7 Å². The average Bonchev–Trinajstić information content (AvgIpc) is 2.79. The highest BCUT2D eigenvalue weighted by molar-refractivity contribution is 6.00. The van der Waals surface area contributed by atoms with Gasteiger partial charge in [0.25, 0.3) is 0 Å². The van der Waals surface area contributed by atoms with Crippen molar-refractivity contribution >= 4 is 35.1 Å². The molecule has 0 N–H and O–H groups in total. The molecule has 4 aromatic carbocycles. The van der Waals surface area contributed by atoms with Gasteiger partial charge >= 0.3 is 0 Å². The maximum Gasteiger partial charge on any atom is 0.181 e. The van der Waals surface area contributed by atoms with Gasteiger partial charge in [0.2, 0.25) is 0 Å². The Hall–Kier alpha value is -3.62. The Morgan fingerprint density at radius 1 is 0.567 bits per heavy atom. The third kappa shape index (κ3) is 3.66. The lowest BCUT2D eigenvalue weighted by atomic mass is 9.90. The first kappa shape index (κ1) is 18.4. The van der Waals surface area contributed by atoms with Crippen LogP contribution < -0.4 is 4.89 Å². The number of hydrogen-bond acceptors (Lipinski definition) is 2. The zero-order valence-corrected chi connectivity index (χ0v) is 16.6. The van der Waals surface area contributed by atoms with E-state index in [0.29, 0.717) is 6.61 Å². The maximum atomic E-state index is 5.84. The molecule has 2 heteroatoms. The van der Waals surface area contributed by atoms with E-state index < -0.39 is 0 Å². The van der Waals surface area contributed by atoms with Crippen molar-refractivity contribution in [1.82, 2.24) is 0 Å². The predicted octanol–water partition coefficient (Wildman–Crippen LogP) is 7.05. The van der Waals surface area contributed by atoms with Crippen molar-refractivity contribution in [2.75, 3.05) is 6.61 Å². The Labute approximate surface area is 176 Å². The van der Waals surface area contributed by atoms with E-state index in [4.69, 9.17) is 9.78 Å². The van der Waals surface area contributed by atoms with Gasteiger partial charge in [0, 0.05) is 17.4 Å². The molecule has 1 aliphatic heterocycles. The molecule has 2 bridgehead atoms. The van der Waals surface area contributed by atoms with Crippen LogP contribution in [0, 0.1) is 0 Å². The van der Waals surface area contributed by atoms with Gasteiger partial charge in [-0.3, -0.25) is 0 Å². The summed E-state index contributed by atoms with van der Waals surface area (Å²) in [7, 11) is 0. The van der Waals surface area contributed by atoms with E-state index in [2.05, 4.69) is 78.9 Å². The largest absolute Gasteiger partial charge is 0.336 e. The van der Waals surface area contributed by atoms with Crippen LogP contribution in [0.1, 0.15) is 27.8 Å². The van der Waals surface area contributed by atoms with Crippen molar-refractivity contribution in [3.05, 3.63) is 113 Å². The molecule has 2 nitrogen and oxygen atoms in total. The Balaban J connectivity index is 1.73. The highest BCUT2D eigenvalue weighted by Gasteiger charge is 2.21. The fourth-order valence-corrected chi connectivity index (χ4v) is 3.97. The molecule has 30 heavy (non-hydrogen) atoms. The monoisotopic (exact) mass is 390 g/mol. The van der Waals surface area contributed by atoms with E-state index in [1.165, 1.54) is 22.1 Å². The zero-order valence-electron chi connectivity index (χ0n) is 16.6. The van der Waals surface area contributed by atoms with E-state index in [0.717, 1.165) is 28.7 Å². The molecule has 0 saturated heterocycles. The molecule has 4 aromatic rings. The first-order valence-corrected chi connectivity index (χ1v) is 10.2. The van der Waals surface area contributed by atoms with Gasteiger partial charge in [-0.15, -0.1) is 0 Å². The molecule has 146 valence electrons. The minimum absolute atomic E-state index is 0.533. The minimum Gasteiger partial charge on any atom is -0.336 e. The summed E-state index contributed by atoms with van der Waals surface area (Å²) in [5, 5.41) is 2.30. The molecule has 0 radical (unpaired) electrons. The lowest BCUT2D eigenvalue weighted by Crippen LogP contribution is -2.11. The summed E-state index contributed by atoms with van der Waals surface area (Å²) in [5.74, 6) is 0.772. The van der Waals surface area contributed by atoms with E-state index in [1.54, 1.807) is 0 Å². The summed E-state index contributed by atoms with van der Waals surface area (Å²) >= 11 is 0. The van der Waals surface area contributed by atoms with Crippen molar-refractivity contribution in [1.29, 1.82) is 0 Å². The van der Waals surface area contributed by atoms with Crippen LogP contribution in [-0.2, 0) is 11.3 Å². The molecule has 5 rings (SSSR count). The molecule has 0 aliphatic carbocycles. The lowest BCUT2D eigenvalue weighted by molar-refractivity contribution is -0.205. The second kappa shape index (κ2) is 8.40. The van der Waals surface area contributed by atoms with Crippen LogP contribution in [0.15, 0.2) is 84.9 Å². The molecule has 0 spiro atoms. The van der Waals surface area contributed by atoms with E-state index in [-0.39, 0.29) is 0 Å². The van der Waals surface area contributed by atoms with Crippen molar-refractivity contribution in [2.45, 2.75) is 6.42 Å². The summed E-state index contributed by atoms with van der Waals surface area (Å²) in [6.45, 7) is 0.533. The topological polar surface area (TPSA) is 18.5 Å². The highest BCUT2D eigenvalue weighted by atomic mass is 17.2. The standard InChI is InChI=1S/C28H22O2/c1-3-9-21(10-4-1)15-17-24-25-19-20-29-30-28(26-14-8-7-13-23(25)26)27(24)18-16-22-11-5-2-6-12-22/h1-18H,19-20H2. The summed E-state index contributed by atoms with van der Waals surface area (Å²) in [6.07, 6.45) is 9.43. The first-order chi connectivity index (χ1) is 14.9. The zero-order chi connectivity index (χ0) is 20.2. The Bertz CT molecular complexity index is 1120. The fourth-order valence-electron chi connectivity index (χ4n) is 3.97. The van der Waals surface area contributed by atoms with Crippen LogP contribution in [0.5, 0.6) is 5.75 Å². The van der Waals surface area contributed by atoms with Crippen LogP contribution in [0.3, 0.4) is 0 Å². The van der Waals surface area contributed by atoms with Gasteiger partial charge in [-0.1, -0.05) is 103 Å². The molecule has 1 aliphatic rings. The highest BCUT2D eigenvalue weighted by Crippen LogP contribution is 2.40. The molecule has 0 amide bonds. The van der Waals surface area contributed by atoms with Gasteiger partial charge in [0.1, 0.15) is 0 Å². The second-order valence-corrected chi connectivity index (χ2v) is 7.32. The van der Waals surface area contributed by atoms with Gasteiger partial charge in [0.05, 0.1) is 6.61 Å². The average molecular weight is 390 g/mol. The molecule has 0 atom stereocenters. The van der Waals surface area contributed by atoms with E-state index in [9.17, 15) is 0 Å². The normalized spacial score (nSPS) is 13.6. The number of benzene rings is 4. The molecule has 0 saturated carbocycles. The molecule has 0 unspecified atom stereocenters. The maximum absolute atomic E-state index is 5.84. The summed E-state index contributed by atoms with van der Waals surface area (Å²) in [4.78, 5) is 11.3. The van der Waals surface area contributed by atoms with Crippen molar-refractivity contribution in [3.63, 3.8) is 0 Å². The third-order valence-electron chi connectivity index (χ3n) is 5.42. The van der Waals surface area contributed by atoms with Crippen LogP contribution in [0.25, 0.3) is 35.1 Å². The summed E-state index contributed by atoms with van der Waals surface area (Å²) in [5.41, 5.74) is 5.83. The smallest absolute Gasteiger partial charge is 0.181 e. The van der Waals surface area contributed by atoms with Crippen LogP contribution in [0.4, 0.5) is 0 Å². The third-order valence-corrected chi connectivity index (χ3v) is 5.42. The lowest BCUT2D eigenvalue weighted by Gasteiger charge is -2.22. The molecule has 1 heterocycles. The van der Waals surface area contributed by atoms with Gasteiger partial charge in [0.15, 0.2) is 5.75 Å². The Kier molecular flexibility index (Phi) is 5.15. The number of rotatable bonds is 4. The van der Waals surface area contributed by atoms with Crippen LogP contribution in [-0.4, -0.2) is 6.61 Å². The van der Waals surface area contributed by atoms with Crippen LogP contribution >= 0.6 is 0 Å². The van der Waals surface area contributed by atoms with E-state index in [1.807, 2.05) is 30.3 Å². The molecule has 0 aromatic heterocycles. The van der Waals surface area contributed by atoms with Gasteiger partial charge < -0.3 is 4.89 Å². The van der Waals surface area contributed by atoms with Crippen LogP contribution in [0.2, 0.25) is 0 Å². The summed E-state index contributed by atoms with van der Waals surface area (Å²) < 4.78 is 0. The number of hydrogen-bond donors (Lipinski definition) is 0. The van der Waals surface area contributed by atoms with Gasteiger partial charge in [-0.25, -0.2) is 0 Å². The quantitative estimate of drug-likeness (QED) is 0.275. The first-order valence-electron chi connectivity index (χ1n) is 10.2. The molecular weight excluding hydrogens is 368 g/mol. The van der Waals surface area contributed by atoms with Gasteiger partial charge in [-0.2, -0.15) is 4.89 Å². The van der Waals surface area contributed by atoms with E-state index >= 15 is 0 Å². The summed E-state index contributed by atoms with van der Waals surface area (Å²) in [6, 6.07) is 29.1. The predicted molar refractivity (Wildman–Crippen MR) is 125 cm³/mol. The van der Waals surface area contributed by atoms with Crippen molar-refractivity contribution < 1.29 is 9.78 Å². The molecular formula is C28H22O2. The Morgan fingerprint density at radius 2 is 1.13 bits per heavy atom. The van der Waals surface area contributed by atoms with Crippen molar-refractivity contribution in [2.24, 2.45) is 0 Å². The molecule has 0 fully saturated rings. The Morgan fingerprint density at radius 3 is 1.80 bits per heavy atom. The second-order valence-electron chi connectivity index (χ2n) is 7.32. The minimum atomic E-state index is 0.533. The van der Waals surface area contributed by atoms with Crippen molar-refractivity contribution in [3.8, 4) is 5.75 Å². The fraction of sp³-hybridized carbons (Fsp3) is 0.0714.